The number of nitrogens with zero attached hydrogens (tertiary/aromatic N) is 1. The Kier molecular flexibility index (Phi) is 14.3. The van der Waals surface area contributed by atoms with Gasteiger partial charge in [-0.2, -0.15) is 0 Å². The zero-order valence-corrected chi connectivity index (χ0v) is 36.6. The van der Waals surface area contributed by atoms with E-state index in [-0.39, 0.29) is 57.8 Å². The summed E-state index contributed by atoms with van der Waals surface area (Å²) in [6.45, 7) is 3.02. The van der Waals surface area contributed by atoms with Crippen LogP contribution in [0.1, 0.15) is 80.9 Å². The average molecular weight is 899 g/mol. The Morgan fingerprint density at radius 1 is 0.723 bits per heavy atom. The maximum atomic E-state index is 13.6. The lowest BCUT2D eigenvalue weighted by Gasteiger charge is -2.17. The number of carbonyl (C=O) groups excluding carboxylic acids is 4. The summed E-state index contributed by atoms with van der Waals surface area (Å²) < 4.78 is 12.9. The number of amides is 3. The molecule has 2 heterocycles. The van der Waals surface area contributed by atoms with Gasteiger partial charge in [0.05, 0.1) is 24.6 Å². The average Bonchev–Trinajstić information content (AvgIpc) is 3.56. The molecule has 0 atom stereocenters. The number of fused-ring (bicyclic) bond motifs is 3. The summed E-state index contributed by atoms with van der Waals surface area (Å²) in [5.74, 6) is -1.45. The standard InChI is InChI=1S/C50H47ClN4O10/c1-29-39(40-27-35(64-2)16-20-42(40)55(29)49(61)30-9-12-32(51)13-10-30)28-46(59)53-22-7-6-21-52-45(58)8-4-3-5-23-54-48(60)31-11-17-36(41(24-31)50(62)63)47-37-18-14-33(56)25-43(37)65-44-26-34(57)15-19-38(44)47/h9-20,24-27,56H,3-8,21-23,28H2,1-2H3,(H,52,58)(H,53,59)(H,54,60)(H,62,63). The van der Waals surface area contributed by atoms with Crippen molar-refractivity contribution in [3.05, 3.63) is 140 Å². The van der Waals surface area contributed by atoms with E-state index < -0.39 is 11.9 Å². The van der Waals surface area contributed by atoms with Crippen molar-refractivity contribution in [1.82, 2.24) is 20.5 Å². The summed E-state index contributed by atoms with van der Waals surface area (Å²) >= 11 is 6.04. The molecule has 2 aliphatic rings. The molecule has 0 saturated heterocycles. The highest BCUT2D eigenvalue weighted by Gasteiger charge is 2.24. The molecule has 7 rings (SSSR count). The van der Waals surface area contributed by atoms with Crippen molar-refractivity contribution in [3.63, 3.8) is 0 Å². The summed E-state index contributed by atoms with van der Waals surface area (Å²) in [7, 11) is 1.56. The van der Waals surface area contributed by atoms with Crippen LogP contribution in [0, 0.1) is 6.92 Å². The van der Waals surface area contributed by atoms with Crippen molar-refractivity contribution < 1.29 is 43.3 Å². The highest BCUT2D eigenvalue weighted by molar-refractivity contribution is 6.30. The lowest BCUT2D eigenvalue weighted by molar-refractivity contribution is -0.121. The fourth-order valence-electron chi connectivity index (χ4n) is 7.93. The van der Waals surface area contributed by atoms with Gasteiger partial charge in [0.1, 0.15) is 22.8 Å². The monoisotopic (exact) mass is 898 g/mol. The Morgan fingerprint density at radius 2 is 1.42 bits per heavy atom. The van der Waals surface area contributed by atoms with Crippen LogP contribution in [0.5, 0.6) is 11.5 Å². The molecular formula is C50H47ClN4O10. The molecule has 4 aromatic carbocycles. The minimum Gasteiger partial charge on any atom is -0.508 e. The van der Waals surface area contributed by atoms with Crippen LogP contribution in [0.4, 0.5) is 0 Å². The molecule has 1 aliphatic carbocycles. The number of methoxy groups -OCH3 is 1. The molecule has 5 N–H and O–H groups in total. The number of halogens is 1. The SMILES string of the molecule is COc1ccc2c(c1)c(CC(=O)NCCCCNC(=O)CCCCCNC(=O)c1ccc(-c3c4ccc(=O)cc-4oc4cc(O)ccc34)c(C(=O)O)c1)c(C)n2C(=O)c1ccc(Cl)cc1. The van der Waals surface area contributed by atoms with Crippen LogP contribution in [-0.4, -0.2) is 71.1 Å². The van der Waals surface area contributed by atoms with E-state index in [1.807, 2.05) is 19.1 Å². The van der Waals surface area contributed by atoms with Crippen LogP contribution in [-0.2, 0) is 16.0 Å². The number of ether oxygens (including phenoxy) is 1. The first-order valence-corrected chi connectivity index (χ1v) is 21.6. The van der Waals surface area contributed by atoms with Gasteiger partial charge >= 0.3 is 5.97 Å². The fraction of sp³-hybridized carbons (Fsp3) is 0.240. The Balaban J connectivity index is 0.828. The van der Waals surface area contributed by atoms with Crippen LogP contribution in [0.2, 0.25) is 5.02 Å². The number of phenolic OH excluding ortho intramolecular Hbond substituents is 1. The van der Waals surface area contributed by atoms with Gasteiger partial charge in [-0.05, 0) is 123 Å². The predicted octanol–water partition coefficient (Wildman–Crippen LogP) is 8.13. The molecular weight excluding hydrogens is 852 g/mol. The van der Waals surface area contributed by atoms with E-state index in [0.29, 0.717) is 108 Å². The molecule has 65 heavy (non-hydrogen) atoms. The molecule has 0 fully saturated rings. The second-order valence-electron chi connectivity index (χ2n) is 15.6. The van der Waals surface area contributed by atoms with Gasteiger partial charge in [0, 0.05) is 81.9 Å². The number of nitrogens with one attached hydrogen (secondary N) is 3. The van der Waals surface area contributed by atoms with E-state index in [2.05, 4.69) is 16.0 Å². The molecule has 0 bridgehead atoms. The summed E-state index contributed by atoms with van der Waals surface area (Å²) in [5.41, 5.74) is 3.79. The first-order valence-electron chi connectivity index (χ1n) is 21.2. The Bertz CT molecular complexity index is 2970. The molecule has 0 spiro atoms. The van der Waals surface area contributed by atoms with Crippen LogP contribution >= 0.6 is 11.6 Å². The molecule has 0 saturated carbocycles. The van der Waals surface area contributed by atoms with Crippen LogP contribution in [0.3, 0.4) is 0 Å². The Hall–Kier alpha value is -7.45. The minimum atomic E-state index is -1.25. The van der Waals surface area contributed by atoms with Gasteiger partial charge in [0.15, 0.2) is 5.43 Å². The van der Waals surface area contributed by atoms with Crippen molar-refractivity contribution in [3.8, 4) is 33.9 Å². The number of unbranched alkanes of at least 4 members (excludes halogenated alkanes) is 3. The van der Waals surface area contributed by atoms with Gasteiger partial charge in [-0.25, -0.2) is 4.79 Å². The van der Waals surface area contributed by atoms with Crippen LogP contribution in [0.15, 0.2) is 106 Å². The van der Waals surface area contributed by atoms with Crippen molar-refractivity contribution in [2.24, 2.45) is 0 Å². The maximum absolute atomic E-state index is 13.6. The zero-order valence-electron chi connectivity index (χ0n) is 35.8. The van der Waals surface area contributed by atoms with E-state index in [0.717, 1.165) is 10.9 Å². The third-order valence-corrected chi connectivity index (χ3v) is 11.5. The van der Waals surface area contributed by atoms with Crippen LogP contribution in [0.25, 0.3) is 44.3 Å². The predicted molar refractivity (Wildman–Crippen MR) is 247 cm³/mol. The van der Waals surface area contributed by atoms with Crippen molar-refractivity contribution in [1.29, 1.82) is 0 Å². The van der Waals surface area contributed by atoms with Gasteiger partial charge in [-0.3, -0.25) is 28.5 Å². The molecule has 0 unspecified atom stereocenters. The number of benzene rings is 5. The fourth-order valence-corrected chi connectivity index (χ4v) is 8.06. The number of carboxylic acid groups (broad SMARTS) is 1. The summed E-state index contributed by atoms with van der Waals surface area (Å²) in [6, 6.07) is 25.1. The number of phenols is 1. The number of carbonyl (C=O) groups is 5. The highest BCUT2D eigenvalue weighted by Crippen LogP contribution is 2.42. The summed E-state index contributed by atoms with van der Waals surface area (Å²) in [4.78, 5) is 76.9. The molecule has 334 valence electrons. The molecule has 5 aromatic rings. The Labute approximate surface area is 378 Å². The molecule has 14 nitrogen and oxygen atoms in total. The van der Waals surface area contributed by atoms with Gasteiger partial charge in [0.25, 0.3) is 11.8 Å². The van der Waals surface area contributed by atoms with Gasteiger partial charge in [-0.1, -0.05) is 24.1 Å². The lowest BCUT2D eigenvalue weighted by atomic mass is 9.90. The smallest absolute Gasteiger partial charge is 0.336 e. The maximum Gasteiger partial charge on any atom is 0.336 e. The van der Waals surface area contributed by atoms with Gasteiger partial charge < -0.3 is 35.3 Å². The summed E-state index contributed by atoms with van der Waals surface area (Å²) in [5, 5.41) is 30.8. The molecule has 3 amide bonds. The van der Waals surface area contributed by atoms with Gasteiger partial charge in [0.2, 0.25) is 11.8 Å². The second kappa shape index (κ2) is 20.4. The van der Waals surface area contributed by atoms with E-state index >= 15 is 0 Å². The Morgan fingerprint density at radius 3 is 2.15 bits per heavy atom. The zero-order chi connectivity index (χ0) is 46.2. The molecule has 0 radical (unpaired) electrons. The number of rotatable bonds is 18. The van der Waals surface area contributed by atoms with E-state index in [9.17, 15) is 39.0 Å². The number of carboxylic acids is 1. The number of aromatic hydroxyl groups is 1. The first-order chi connectivity index (χ1) is 31.3. The van der Waals surface area contributed by atoms with Gasteiger partial charge in [-0.15, -0.1) is 0 Å². The van der Waals surface area contributed by atoms with E-state index in [1.54, 1.807) is 60.2 Å². The second-order valence-corrected chi connectivity index (χ2v) is 16.1. The largest absolute Gasteiger partial charge is 0.508 e. The quantitative estimate of drug-likeness (QED) is 0.0413. The number of aromatic carboxylic acids is 1. The van der Waals surface area contributed by atoms with E-state index in [1.165, 1.54) is 36.4 Å². The molecule has 1 aliphatic heterocycles. The van der Waals surface area contributed by atoms with Crippen molar-refractivity contribution in [2.75, 3.05) is 26.7 Å². The topological polar surface area (TPSA) is 206 Å². The normalized spacial score (nSPS) is 11.2. The van der Waals surface area contributed by atoms with Crippen molar-refractivity contribution >= 4 is 63.1 Å². The number of hydrogen-bond acceptors (Lipinski definition) is 9. The van der Waals surface area contributed by atoms with E-state index in [4.69, 9.17) is 20.8 Å². The number of hydrogen-bond donors (Lipinski definition) is 5. The van der Waals surface area contributed by atoms with Crippen LogP contribution < -0.4 is 26.1 Å². The number of aromatic nitrogens is 1. The molecule has 15 heteroatoms. The first kappa shape index (κ1) is 45.6. The summed E-state index contributed by atoms with van der Waals surface area (Å²) in [6.07, 6.45) is 3.59. The highest BCUT2D eigenvalue weighted by atomic mass is 35.5. The van der Waals surface area contributed by atoms with Crippen molar-refractivity contribution in [2.45, 2.75) is 51.9 Å². The third kappa shape index (κ3) is 10.5. The minimum absolute atomic E-state index is 0.0638. The third-order valence-electron chi connectivity index (χ3n) is 11.2. The molecule has 1 aromatic heterocycles. The lowest BCUT2D eigenvalue weighted by Crippen LogP contribution is -2.28.